The number of fused-ring (bicyclic) bond motifs is 1. The molecule has 0 saturated carbocycles. The van der Waals surface area contributed by atoms with Gasteiger partial charge in [0.2, 0.25) is 0 Å². The van der Waals surface area contributed by atoms with E-state index in [0.29, 0.717) is 23.5 Å². The van der Waals surface area contributed by atoms with E-state index in [2.05, 4.69) is 10.1 Å². The summed E-state index contributed by atoms with van der Waals surface area (Å²) in [5.74, 6) is 0.0408. The molecule has 2 aromatic rings. The summed E-state index contributed by atoms with van der Waals surface area (Å²) >= 11 is 0. The minimum Gasteiger partial charge on any atom is -0.493 e. The average molecular weight is 348 g/mol. The molecule has 0 saturated heterocycles. The van der Waals surface area contributed by atoms with Gasteiger partial charge in [0, 0.05) is 12.5 Å². The summed E-state index contributed by atoms with van der Waals surface area (Å²) in [6.45, 7) is -0.871. The fourth-order valence-electron chi connectivity index (χ4n) is 2.09. The molecule has 0 spiro atoms. The largest absolute Gasteiger partial charge is 0.493 e. The number of nitrogens with one attached hydrogen (secondary N) is 1. The number of nitrogens with zero attached hydrogens (tertiary/aromatic N) is 3. The lowest BCUT2D eigenvalue weighted by atomic mass is 10.2. The SMILES string of the molecule is O=S(=O)(Nc1ncn(CC(F)(F)F)n1)c1ccc2c(c1)OCC2. The Hall–Kier alpha value is -2.30. The van der Waals surface area contributed by atoms with Crippen LogP contribution in [-0.4, -0.2) is 36.0 Å². The molecule has 2 heterocycles. The minimum absolute atomic E-state index is 0.0784. The molecule has 0 fully saturated rings. The number of benzene rings is 1. The number of halogens is 3. The van der Waals surface area contributed by atoms with E-state index >= 15 is 0 Å². The maximum absolute atomic E-state index is 12.2. The van der Waals surface area contributed by atoms with E-state index in [-0.39, 0.29) is 4.90 Å². The van der Waals surface area contributed by atoms with Crippen LogP contribution in [0.25, 0.3) is 0 Å². The van der Waals surface area contributed by atoms with Crippen molar-refractivity contribution < 1.29 is 26.3 Å². The molecule has 1 aliphatic heterocycles. The van der Waals surface area contributed by atoms with Crippen LogP contribution >= 0.6 is 0 Å². The van der Waals surface area contributed by atoms with Crippen molar-refractivity contribution in [2.75, 3.05) is 11.3 Å². The van der Waals surface area contributed by atoms with Gasteiger partial charge >= 0.3 is 6.18 Å². The second kappa shape index (κ2) is 5.41. The summed E-state index contributed by atoms with van der Waals surface area (Å²) in [6.07, 6.45) is -2.97. The molecular formula is C12H11F3N4O3S. The van der Waals surface area contributed by atoms with E-state index in [1.54, 1.807) is 6.07 Å². The first-order valence-corrected chi connectivity index (χ1v) is 7.96. The topological polar surface area (TPSA) is 86.1 Å². The molecule has 0 atom stereocenters. The van der Waals surface area contributed by atoms with Crippen LogP contribution < -0.4 is 9.46 Å². The number of alkyl halides is 3. The zero-order valence-corrected chi connectivity index (χ0v) is 12.4. The molecule has 23 heavy (non-hydrogen) atoms. The van der Waals surface area contributed by atoms with Crippen LogP contribution in [0.2, 0.25) is 0 Å². The summed E-state index contributed by atoms with van der Waals surface area (Å²) in [4.78, 5) is 3.44. The molecule has 1 aliphatic rings. The molecule has 0 radical (unpaired) electrons. The van der Waals surface area contributed by atoms with Crippen LogP contribution in [0.5, 0.6) is 5.75 Å². The van der Waals surface area contributed by atoms with Gasteiger partial charge in [0.05, 0.1) is 11.5 Å². The van der Waals surface area contributed by atoms with E-state index in [1.807, 2.05) is 4.72 Å². The Balaban J connectivity index is 1.79. The summed E-state index contributed by atoms with van der Waals surface area (Å²) < 4.78 is 69.0. The number of hydrogen-bond donors (Lipinski definition) is 1. The molecule has 3 rings (SSSR count). The Morgan fingerprint density at radius 2 is 2.13 bits per heavy atom. The number of aromatic nitrogens is 3. The molecule has 0 amide bonds. The van der Waals surface area contributed by atoms with Crippen molar-refractivity contribution in [3.05, 3.63) is 30.1 Å². The van der Waals surface area contributed by atoms with Crippen molar-refractivity contribution >= 4 is 16.0 Å². The van der Waals surface area contributed by atoms with Gasteiger partial charge < -0.3 is 4.74 Å². The van der Waals surface area contributed by atoms with Crippen LogP contribution in [-0.2, 0) is 23.0 Å². The Labute approximate surface area is 129 Å². The van der Waals surface area contributed by atoms with Crippen LogP contribution in [0.15, 0.2) is 29.4 Å². The highest BCUT2D eigenvalue weighted by Crippen LogP contribution is 2.28. The Morgan fingerprint density at radius 3 is 2.87 bits per heavy atom. The predicted octanol–water partition coefficient (Wildman–Crippen LogP) is 1.58. The maximum atomic E-state index is 12.2. The summed E-state index contributed by atoms with van der Waals surface area (Å²) in [6, 6.07) is 4.38. The zero-order chi connectivity index (χ0) is 16.7. The van der Waals surface area contributed by atoms with E-state index < -0.39 is 28.7 Å². The molecule has 0 unspecified atom stereocenters. The third-order valence-electron chi connectivity index (χ3n) is 3.08. The first kappa shape index (κ1) is 15.6. The molecular weight excluding hydrogens is 337 g/mol. The van der Waals surface area contributed by atoms with Crippen molar-refractivity contribution in [2.45, 2.75) is 24.0 Å². The Kier molecular flexibility index (Phi) is 3.66. The lowest BCUT2D eigenvalue weighted by Crippen LogP contribution is -2.19. The molecule has 1 aromatic carbocycles. The monoisotopic (exact) mass is 348 g/mol. The highest BCUT2D eigenvalue weighted by Gasteiger charge is 2.29. The summed E-state index contributed by atoms with van der Waals surface area (Å²) in [5.41, 5.74) is 0.900. The standard InChI is InChI=1S/C12H11F3N4O3S/c13-12(14,15)6-19-7-16-11(17-19)18-23(20,21)9-2-1-8-3-4-22-10(8)5-9/h1-2,5,7H,3-4,6H2,(H,17,18). The summed E-state index contributed by atoms with van der Waals surface area (Å²) in [5, 5.41) is 3.44. The van der Waals surface area contributed by atoms with E-state index in [9.17, 15) is 21.6 Å². The fourth-order valence-corrected chi connectivity index (χ4v) is 3.06. The van der Waals surface area contributed by atoms with Crippen LogP contribution in [0.1, 0.15) is 5.56 Å². The van der Waals surface area contributed by atoms with Gasteiger partial charge in [-0.05, 0) is 11.6 Å². The third kappa shape index (κ3) is 3.55. The van der Waals surface area contributed by atoms with Crippen LogP contribution in [0.4, 0.5) is 19.1 Å². The molecule has 1 N–H and O–H groups in total. The first-order valence-electron chi connectivity index (χ1n) is 6.48. The second-order valence-corrected chi connectivity index (χ2v) is 6.54. The van der Waals surface area contributed by atoms with Crippen LogP contribution in [0, 0.1) is 0 Å². The van der Waals surface area contributed by atoms with Gasteiger partial charge in [0.25, 0.3) is 16.0 Å². The third-order valence-corrected chi connectivity index (χ3v) is 4.41. The summed E-state index contributed by atoms with van der Waals surface area (Å²) in [7, 11) is -4.01. The first-order chi connectivity index (χ1) is 10.7. The van der Waals surface area contributed by atoms with Crippen molar-refractivity contribution in [2.24, 2.45) is 0 Å². The molecule has 0 aliphatic carbocycles. The highest BCUT2D eigenvalue weighted by molar-refractivity contribution is 7.92. The highest BCUT2D eigenvalue weighted by atomic mass is 32.2. The smallest absolute Gasteiger partial charge is 0.408 e. The molecule has 11 heteroatoms. The van der Waals surface area contributed by atoms with Gasteiger partial charge in [-0.25, -0.2) is 17.8 Å². The zero-order valence-electron chi connectivity index (χ0n) is 11.5. The number of anilines is 1. The number of rotatable bonds is 4. The van der Waals surface area contributed by atoms with Crippen molar-refractivity contribution in [1.29, 1.82) is 0 Å². The van der Waals surface area contributed by atoms with Gasteiger partial charge in [-0.15, -0.1) is 5.10 Å². The fraction of sp³-hybridized carbons (Fsp3) is 0.333. The van der Waals surface area contributed by atoms with E-state index in [4.69, 9.17) is 4.74 Å². The van der Waals surface area contributed by atoms with Crippen molar-refractivity contribution in [3.63, 3.8) is 0 Å². The van der Waals surface area contributed by atoms with Gasteiger partial charge in [-0.3, -0.25) is 0 Å². The normalized spacial score (nSPS) is 14.4. The number of sulfonamides is 1. The minimum atomic E-state index is -4.47. The number of hydrogen-bond acceptors (Lipinski definition) is 5. The van der Waals surface area contributed by atoms with Crippen molar-refractivity contribution in [3.8, 4) is 5.75 Å². The van der Waals surface area contributed by atoms with Gasteiger partial charge in [0.15, 0.2) is 0 Å². The Morgan fingerprint density at radius 1 is 1.35 bits per heavy atom. The maximum Gasteiger partial charge on any atom is 0.408 e. The molecule has 0 bridgehead atoms. The Bertz CT molecular complexity index is 832. The van der Waals surface area contributed by atoms with Crippen LogP contribution in [0.3, 0.4) is 0 Å². The molecule has 7 nitrogen and oxygen atoms in total. The molecule has 124 valence electrons. The quantitative estimate of drug-likeness (QED) is 0.907. The van der Waals surface area contributed by atoms with Gasteiger partial charge in [-0.2, -0.15) is 18.2 Å². The number of ether oxygens (including phenoxy) is 1. The average Bonchev–Trinajstić information content (AvgIpc) is 3.04. The van der Waals surface area contributed by atoms with Crippen molar-refractivity contribution in [1.82, 2.24) is 14.8 Å². The van der Waals surface area contributed by atoms with Gasteiger partial charge in [-0.1, -0.05) is 6.07 Å². The van der Waals surface area contributed by atoms with Gasteiger partial charge in [0.1, 0.15) is 18.6 Å². The molecule has 1 aromatic heterocycles. The lowest BCUT2D eigenvalue weighted by molar-refractivity contribution is -0.142. The van der Waals surface area contributed by atoms with E-state index in [1.165, 1.54) is 12.1 Å². The lowest BCUT2D eigenvalue weighted by Gasteiger charge is -2.07. The van der Waals surface area contributed by atoms with E-state index in [0.717, 1.165) is 11.9 Å². The second-order valence-electron chi connectivity index (χ2n) is 4.85. The predicted molar refractivity (Wildman–Crippen MR) is 72.5 cm³/mol.